The number of aliphatic carboxylic acids is 1. The van der Waals surface area contributed by atoms with Gasteiger partial charge in [-0.15, -0.1) is 0 Å². The number of carbonyl (C=O) groups excluding carboxylic acids is 2. The zero-order valence-corrected chi connectivity index (χ0v) is 29.8. The van der Waals surface area contributed by atoms with Crippen molar-refractivity contribution in [3.63, 3.8) is 0 Å². The van der Waals surface area contributed by atoms with Gasteiger partial charge in [0, 0.05) is 19.3 Å². The molecule has 0 fully saturated rings. The van der Waals surface area contributed by atoms with E-state index in [2.05, 4.69) is 26.0 Å². The van der Waals surface area contributed by atoms with Crippen molar-refractivity contribution in [2.45, 2.75) is 167 Å². The average Bonchev–Trinajstić information content (AvgIpc) is 2.98. The predicted octanol–water partition coefficient (Wildman–Crippen LogP) is 8.80. The fraction of sp³-hybridized carbons (Fsp3) is 0.865. The highest BCUT2D eigenvalue weighted by Crippen LogP contribution is 2.13. The van der Waals surface area contributed by atoms with E-state index < -0.39 is 18.1 Å². The van der Waals surface area contributed by atoms with Crippen LogP contribution in [0.25, 0.3) is 0 Å². The summed E-state index contributed by atoms with van der Waals surface area (Å²) in [7, 11) is 5.50. The molecule has 45 heavy (non-hydrogen) atoms. The van der Waals surface area contributed by atoms with E-state index in [1.165, 1.54) is 70.6 Å². The van der Waals surface area contributed by atoms with Gasteiger partial charge in [0.2, 0.25) is 0 Å². The molecule has 2 unspecified atom stereocenters. The first-order valence-corrected chi connectivity index (χ1v) is 18.2. The summed E-state index contributed by atoms with van der Waals surface area (Å²) in [6.45, 7) is 4.66. The lowest BCUT2D eigenvalue weighted by molar-refractivity contribution is -0.887. The van der Waals surface area contributed by atoms with Crippen molar-refractivity contribution in [1.29, 1.82) is 0 Å². The number of carbonyl (C=O) groups is 3. The lowest BCUT2D eigenvalue weighted by atomic mass is 10.1. The van der Waals surface area contributed by atoms with Crippen molar-refractivity contribution in [3.05, 3.63) is 12.2 Å². The number of allylic oxidation sites excluding steroid dienone is 2. The fourth-order valence-corrected chi connectivity index (χ4v) is 5.26. The minimum absolute atomic E-state index is 0.0549. The molecule has 8 heteroatoms. The fourth-order valence-electron chi connectivity index (χ4n) is 5.26. The Hall–Kier alpha value is -1.93. The summed E-state index contributed by atoms with van der Waals surface area (Å²) in [5.41, 5.74) is 0. The van der Waals surface area contributed by atoms with E-state index in [0.29, 0.717) is 19.3 Å². The van der Waals surface area contributed by atoms with Crippen LogP contribution in [0, 0.1) is 0 Å². The normalized spacial score (nSPS) is 13.2. The van der Waals surface area contributed by atoms with Gasteiger partial charge in [-0.05, 0) is 38.5 Å². The van der Waals surface area contributed by atoms with Gasteiger partial charge < -0.3 is 23.8 Å². The maximum Gasteiger partial charge on any atom is 0.362 e. The summed E-state index contributed by atoms with van der Waals surface area (Å²) in [6.07, 6.45) is 26.9. The largest absolute Gasteiger partial charge is 0.477 e. The number of quaternary nitrogens is 1. The number of hydrogen-bond donors (Lipinski definition) is 1. The molecule has 1 N–H and O–H groups in total. The first-order chi connectivity index (χ1) is 21.6. The van der Waals surface area contributed by atoms with Gasteiger partial charge >= 0.3 is 17.9 Å². The molecule has 0 aliphatic heterocycles. The highest BCUT2D eigenvalue weighted by Gasteiger charge is 2.31. The number of ether oxygens (including phenoxy) is 3. The summed E-state index contributed by atoms with van der Waals surface area (Å²) in [5, 5.41) is 9.54. The number of carboxylic acids is 1. The van der Waals surface area contributed by atoms with Gasteiger partial charge in [-0.1, -0.05) is 109 Å². The Labute approximate surface area is 276 Å². The lowest BCUT2D eigenvalue weighted by Gasteiger charge is -2.31. The van der Waals surface area contributed by atoms with Crippen LogP contribution in [0.5, 0.6) is 0 Å². The molecular formula is C37H70NO7+. The van der Waals surface area contributed by atoms with Gasteiger partial charge in [0.15, 0.2) is 12.1 Å². The molecule has 0 saturated heterocycles. The van der Waals surface area contributed by atoms with Crippen molar-refractivity contribution >= 4 is 17.9 Å². The van der Waals surface area contributed by atoms with Crippen LogP contribution >= 0.6 is 0 Å². The number of nitrogens with zero attached hydrogens (tertiary/aromatic N) is 1. The Morgan fingerprint density at radius 1 is 0.644 bits per heavy atom. The molecule has 8 nitrogen and oxygen atoms in total. The molecule has 0 aliphatic rings. The molecule has 0 aromatic rings. The van der Waals surface area contributed by atoms with E-state index >= 15 is 0 Å². The maximum absolute atomic E-state index is 12.5. The minimum atomic E-state index is -0.878. The highest BCUT2D eigenvalue weighted by molar-refractivity contribution is 5.72. The molecular weight excluding hydrogens is 570 g/mol. The summed E-state index contributed by atoms with van der Waals surface area (Å²) in [6, 6.07) is -0.609. The zero-order chi connectivity index (χ0) is 33.6. The number of likely N-dealkylation sites (N-methyl/N-ethyl adjacent to an activating group) is 1. The second-order valence-corrected chi connectivity index (χ2v) is 13.5. The lowest BCUT2D eigenvalue weighted by Crippen LogP contribution is -2.50. The first kappa shape index (κ1) is 43.1. The topological polar surface area (TPSA) is 99.1 Å². The Morgan fingerprint density at radius 2 is 1.11 bits per heavy atom. The number of hydrogen-bond acceptors (Lipinski definition) is 6. The Morgan fingerprint density at radius 3 is 1.62 bits per heavy atom. The Balaban J connectivity index is 4.39. The molecule has 0 rings (SSSR count). The summed E-state index contributed by atoms with van der Waals surface area (Å²) < 4.78 is 17.1. The van der Waals surface area contributed by atoms with Crippen LogP contribution < -0.4 is 0 Å². The van der Waals surface area contributed by atoms with Gasteiger partial charge in [0.1, 0.15) is 6.61 Å². The standard InChI is InChI=1S/C37H69NO7/c1-6-8-10-12-14-15-16-17-18-19-20-22-23-25-27-35(39)44-32-33(31-43-30-29-34(37(41)42)38(3,4)5)45-36(40)28-26-24-21-13-11-9-7-2/h18-19,33-34H,6-17,20-32H2,1-5H3/p+1/b19-18+. The van der Waals surface area contributed by atoms with E-state index in [0.717, 1.165) is 51.4 Å². The van der Waals surface area contributed by atoms with Crippen molar-refractivity contribution in [2.75, 3.05) is 41.0 Å². The molecule has 2 atom stereocenters. The van der Waals surface area contributed by atoms with Crippen LogP contribution in [-0.4, -0.2) is 80.6 Å². The highest BCUT2D eigenvalue weighted by atomic mass is 16.6. The zero-order valence-electron chi connectivity index (χ0n) is 29.8. The van der Waals surface area contributed by atoms with Crippen molar-refractivity contribution in [3.8, 4) is 0 Å². The van der Waals surface area contributed by atoms with Crippen LogP contribution in [0.3, 0.4) is 0 Å². The maximum atomic E-state index is 12.5. The van der Waals surface area contributed by atoms with Gasteiger partial charge in [0.05, 0.1) is 34.4 Å². The van der Waals surface area contributed by atoms with E-state index in [1.807, 2.05) is 21.1 Å². The molecule has 0 bridgehead atoms. The van der Waals surface area contributed by atoms with Crippen molar-refractivity contribution in [2.24, 2.45) is 0 Å². The van der Waals surface area contributed by atoms with Crippen LogP contribution in [-0.2, 0) is 28.6 Å². The quantitative estimate of drug-likeness (QED) is 0.0339. The SMILES string of the molecule is CCCCCCCCC/C=C/CCCCCC(=O)OCC(COCCC(C(=O)O)[N+](C)(C)C)OC(=O)CCCCCCCCC. The number of rotatable bonds is 32. The summed E-state index contributed by atoms with van der Waals surface area (Å²) in [4.78, 5) is 36.5. The predicted molar refractivity (Wildman–Crippen MR) is 183 cm³/mol. The van der Waals surface area contributed by atoms with Gasteiger partial charge in [0.25, 0.3) is 0 Å². The van der Waals surface area contributed by atoms with E-state index in [-0.39, 0.29) is 36.2 Å². The van der Waals surface area contributed by atoms with Crippen LogP contribution in [0.2, 0.25) is 0 Å². The molecule has 0 spiro atoms. The van der Waals surface area contributed by atoms with Crippen LogP contribution in [0.15, 0.2) is 12.2 Å². The van der Waals surface area contributed by atoms with Gasteiger partial charge in [-0.25, -0.2) is 4.79 Å². The minimum Gasteiger partial charge on any atom is -0.477 e. The third-order valence-corrected chi connectivity index (χ3v) is 8.16. The smallest absolute Gasteiger partial charge is 0.362 e. The van der Waals surface area contributed by atoms with Gasteiger partial charge in [-0.3, -0.25) is 9.59 Å². The Kier molecular flexibility index (Phi) is 28.2. The molecule has 0 radical (unpaired) electrons. The molecule has 0 heterocycles. The molecule has 0 aromatic heterocycles. The third kappa shape index (κ3) is 28.1. The number of esters is 2. The van der Waals surface area contributed by atoms with Crippen molar-refractivity contribution in [1.82, 2.24) is 0 Å². The molecule has 0 aliphatic carbocycles. The second-order valence-electron chi connectivity index (χ2n) is 13.5. The number of carboxylic acid groups (broad SMARTS) is 1. The monoisotopic (exact) mass is 641 g/mol. The molecule has 0 saturated carbocycles. The molecule has 264 valence electrons. The summed E-state index contributed by atoms with van der Waals surface area (Å²) in [5.74, 6) is -1.49. The van der Waals surface area contributed by atoms with E-state index in [9.17, 15) is 19.5 Å². The van der Waals surface area contributed by atoms with E-state index in [4.69, 9.17) is 14.2 Å². The van der Waals surface area contributed by atoms with Gasteiger partial charge in [-0.2, -0.15) is 0 Å². The van der Waals surface area contributed by atoms with Crippen LogP contribution in [0.1, 0.15) is 155 Å². The second kappa shape index (κ2) is 29.5. The Bertz CT molecular complexity index is 762. The van der Waals surface area contributed by atoms with Crippen molar-refractivity contribution < 1.29 is 38.2 Å². The van der Waals surface area contributed by atoms with Crippen LogP contribution in [0.4, 0.5) is 0 Å². The molecule has 0 amide bonds. The van der Waals surface area contributed by atoms with E-state index in [1.54, 1.807) is 0 Å². The first-order valence-electron chi connectivity index (χ1n) is 18.2. The third-order valence-electron chi connectivity index (χ3n) is 8.16. The number of unbranched alkanes of at least 4 members (excludes halogenated alkanes) is 16. The average molecular weight is 641 g/mol. The summed E-state index contributed by atoms with van der Waals surface area (Å²) >= 11 is 0. The molecule has 0 aromatic carbocycles.